The molecule has 4 aromatic rings. The summed E-state index contributed by atoms with van der Waals surface area (Å²) in [5, 5.41) is 37.9. The molecule has 0 aliphatic rings. The predicted octanol–water partition coefficient (Wildman–Crippen LogP) is 2.06. The third-order valence-corrected chi connectivity index (χ3v) is 3.65. The normalized spacial score (nSPS) is 10.2. The van der Waals surface area contributed by atoms with E-state index < -0.39 is 0 Å². The molecule has 0 aliphatic carbocycles. The molecule has 0 amide bonds. The van der Waals surface area contributed by atoms with Crippen molar-refractivity contribution in [1.29, 1.82) is 0 Å². The summed E-state index contributed by atoms with van der Waals surface area (Å²) in [6, 6.07) is 13.3. The number of hydrogen-bond acceptors (Lipinski definition) is 8. The van der Waals surface area contributed by atoms with Gasteiger partial charge in [-0.25, -0.2) is 9.36 Å². The van der Waals surface area contributed by atoms with Crippen molar-refractivity contribution >= 4 is 24.4 Å². The zero-order valence-electron chi connectivity index (χ0n) is 13.0. The van der Waals surface area contributed by atoms with E-state index in [1.54, 1.807) is 48.5 Å². The lowest BCUT2D eigenvalue weighted by Crippen LogP contribution is -1.95. The van der Waals surface area contributed by atoms with E-state index in [4.69, 9.17) is 24.4 Å². The number of nitrogens with one attached hydrogen (secondary N) is 2. The number of rotatable bonds is 2. The van der Waals surface area contributed by atoms with Gasteiger partial charge in [-0.05, 0) is 48.7 Å². The maximum Gasteiger partial charge on any atom is 0.242 e. The molecule has 0 aliphatic heterocycles. The van der Waals surface area contributed by atoms with Crippen molar-refractivity contribution in [3.8, 4) is 22.9 Å². The van der Waals surface area contributed by atoms with Crippen LogP contribution in [-0.4, -0.2) is 50.6 Å². The molecule has 2 heterocycles. The number of nitrogens with zero attached hydrogens (tertiary/aromatic N) is 6. The molecule has 4 rings (SSSR count). The van der Waals surface area contributed by atoms with Crippen LogP contribution in [0, 0.1) is 9.54 Å². The average Bonchev–Trinajstić information content (AvgIpc) is 3.24. The summed E-state index contributed by atoms with van der Waals surface area (Å²) in [5.41, 5.74) is 1.41. The molecule has 0 saturated carbocycles. The predicted molar refractivity (Wildman–Crippen MR) is 96.4 cm³/mol. The zero-order chi connectivity index (χ0) is 18.5. The first-order valence-electron chi connectivity index (χ1n) is 7.13. The third kappa shape index (κ3) is 3.99. The molecule has 0 atom stereocenters. The van der Waals surface area contributed by atoms with Crippen LogP contribution in [0.15, 0.2) is 48.5 Å². The Hall–Kier alpha value is -3.38. The Balaban J connectivity index is 0.000000151. The molecule has 132 valence electrons. The Morgan fingerprint density at radius 2 is 1.15 bits per heavy atom. The Kier molecular flexibility index (Phi) is 5.15. The third-order valence-electron chi connectivity index (χ3n) is 3.12. The van der Waals surface area contributed by atoms with Crippen LogP contribution < -0.4 is 0 Å². The first kappa shape index (κ1) is 17.4. The van der Waals surface area contributed by atoms with Crippen molar-refractivity contribution in [2.45, 2.75) is 0 Å². The first-order valence-corrected chi connectivity index (χ1v) is 7.95. The van der Waals surface area contributed by atoms with Crippen molar-refractivity contribution < 1.29 is 10.2 Å². The highest BCUT2D eigenvalue weighted by Crippen LogP contribution is 2.14. The molecule has 0 spiro atoms. The Labute approximate surface area is 156 Å². The Morgan fingerprint density at radius 1 is 0.731 bits per heavy atom. The summed E-state index contributed by atoms with van der Waals surface area (Å²) < 4.78 is 3.64. The number of phenolic OH excluding ortho intramolecular Hbond substituents is 2. The summed E-state index contributed by atoms with van der Waals surface area (Å²) in [5.74, 6) is 0.350. The SMILES string of the molecule is Oc1cccc(-n2[nH]nnc2=S)c1.Oc1cccc(-n2[nH]nnc2=S)c1. The van der Waals surface area contributed by atoms with Gasteiger partial charge in [0.2, 0.25) is 9.54 Å². The molecule has 26 heavy (non-hydrogen) atoms. The van der Waals surface area contributed by atoms with Crippen LogP contribution in [0.5, 0.6) is 11.5 Å². The van der Waals surface area contributed by atoms with Crippen molar-refractivity contribution in [2.24, 2.45) is 0 Å². The summed E-state index contributed by atoms with van der Waals surface area (Å²) in [6.07, 6.45) is 0. The van der Waals surface area contributed by atoms with Crippen LogP contribution in [0.1, 0.15) is 0 Å². The van der Waals surface area contributed by atoms with Crippen LogP contribution in [0.2, 0.25) is 0 Å². The second-order valence-electron chi connectivity index (χ2n) is 4.88. The van der Waals surface area contributed by atoms with E-state index in [1.807, 2.05) is 0 Å². The number of phenols is 2. The molecule has 0 bridgehead atoms. The number of benzene rings is 2. The van der Waals surface area contributed by atoms with E-state index in [-0.39, 0.29) is 11.5 Å². The van der Waals surface area contributed by atoms with Gasteiger partial charge < -0.3 is 10.2 Å². The largest absolute Gasteiger partial charge is 0.508 e. The Morgan fingerprint density at radius 3 is 1.46 bits per heavy atom. The molecule has 10 nitrogen and oxygen atoms in total. The summed E-state index contributed by atoms with van der Waals surface area (Å²) in [4.78, 5) is 0. The topological polar surface area (TPSA) is 133 Å². The number of H-pyrrole nitrogens is 2. The number of hydrogen-bond donors (Lipinski definition) is 4. The van der Waals surface area contributed by atoms with Gasteiger partial charge in [-0.2, -0.15) is 10.4 Å². The first-order chi connectivity index (χ1) is 12.5. The fourth-order valence-corrected chi connectivity index (χ4v) is 2.37. The molecule has 2 aromatic heterocycles. The molecule has 12 heteroatoms. The van der Waals surface area contributed by atoms with Gasteiger partial charge in [-0.3, -0.25) is 0 Å². The number of aromatic amines is 2. The van der Waals surface area contributed by atoms with E-state index in [2.05, 4.69) is 31.1 Å². The maximum absolute atomic E-state index is 9.20. The van der Waals surface area contributed by atoms with Crippen molar-refractivity contribution in [2.75, 3.05) is 0 Å². The summed E-state index contributed by atoms with van der Waals surface area (Å²) in [6.45, 7) is 0. The van der Waals surface area contributed by atoms with Crippen LogP contribution >= 0.6 is 24.4 Å². The van der Waals surface area contributed by atoms with E-state index in [0.29, 0.717) is 20.9 Å². The quantitative estimate of drug-likeness (QED) is 0.384. The fourth-order valence-electron chi connectivity index (χ4n) is 2.00. The van der Waals surface area contributed by atoms with E-state index in [1.165, 1.54) is 9.36 Å². The zero-order valence-corrected chi connectivity index (χ0v) is 14.6. The molecule has 0 saturated heterocycles. The average molecular weight is 388 g/mol. The molecular formula is C14H12N8O2S2. The maximum atomic E-state index is 9.20. The smallest absolute Gasteiger partial charge is 0.242 e. The number of tetrazole rings is 2. The second-order valence-corrected chi connectivity index (χ2v) is 5.61. The van der Waals surface area contributed by atoms with E-state index in [9.17, 15) is 10.2 Å². The molecule has 0 radical (unpaired) electrons. The minimum atomic E-state index is 0.175. The van der Waals surface area contributed by atoms with Gasteiger partial charge in [0.25, 0.3) is 0 Å². The van der Waals surface area contributed by atoms with Gasteiger partial charge >= 0.3 is 0 Å². The van der Waals surface area contributed by atoms with Gasteiger partial charge in [0.1, 0.15) is 11.5 Å². The molecule has 2 aromatic carbocycles. The van der Waals surface area contributed by atoms with Gasteiger partial charge in [0.05, 0.1) is 11.4 Å². The lowest BCUT2D eigenvalue weighted by Gasteiger charge is -1.99. The van der Waals surface area contributed by atoms with Crippen LogP contribution in [0.3, 0.4) is 0 Å². The monoisotopic (exact) mass is 388 g/mol. The summed E-state index contributed by atoms with van der Waals surface area (Å²) in [7, 11) is 0. The van der Waals surface area contributed by atoms with Gasteiger partial charge in [0.15, 0.2) is 0 Å². The highest BCUT2D eigenvalue weighted by atomic mass is 32.1. The molecule has 4 N–H and O–H groups in total. The minimum Gasteiger partial charge on any atom is -0.508 e. The van der Waals surface area contributed by atoms with Crippen LogP contribution in [0.25, 0.3) is 11.4 Å². The van der Waals surface area contributed by atoms with Crippen molar-refractivity contribution in [3.63, 3.8) is 0 Å². The highest BCUT2D eigenvalue weighted by Gasteiger charge is 2.00. The van der Waals surface area contributed by atoms with Gasteiger partial charge in [-0.15, -0.1) is 0 Å². The highest BCUT2D eigenvalue weighted by molar-refractivity contribution is 7.71. The minimum absolute atomic E-state index is 0.175. The molecule has 0 unspecified atom stereocenters. The van der Waals surface area contributed by atoms with Crippen LogP contribution in [-0.2, 0) is 0 Å². The number of aromatic hydroxyl groups is 2. The lowest BCUT2D eigenvalue weighted by molar-refractivity contribution is 0.474. The van der Waals surface area contributed by atoms with E-state index >= 15 is 0 Å². The van der Waals surface area contributed by atoms with Crippen molar-refractivity contribution in [3.05, 3.63) is 58.1 Å². The van der Waals surface area contributed by atoms with Crippen LogP contribution in [0.4, 0.5) is 0 Å². The Bertz CT molecular complexity index is 1040. The van der Waals surface area contributed by atoms with Gasteiger partial charge in [0, 0.05) is 12.1 Å². The number of aromatic nitrogens is 8. The fraction of sp³-hybridized carbons (Fsp3) is 0. The molecule has 0 fully saturated rings. The summed E-state index contributed by atoms with van der Waals surface area (Å²) >= 11 is 9.77. The van der Waals surface area contributed by atoms with Crippen molar-refractivity contribution in [1.82, 2.24) is 40.4 Å². The van der Waals surface area contributed by atoms with E-state index in [0.717, 1.165) is 0 Å². The van der Waals surface area contributed by atoms with Gasteiger partial charge in [-0.1, -0.05) is 32.8 Å². The lowest BCUT2D eigenvalue weighted by atomic mass is 10.3. The second kappa shape index (κ2) is 7.67. The molecular weight excluding hydrogens is 376 g/mol. The standard InChI is InChI=1S/2C7H6N4OS/c2*12-6-3-1-2-5(4-6)11-7(13)8-9-10-11/h2*1-4,12H,(H,8,10,13).